The molecule has 1 aliphatic heterocycles. The number of esters is 1. The second-order valence-electron chi connectivity index (χ2n) is 17.5. The Labute approximate surface area is 385 Å². The van der Waals surface area contributed by atoms with Gasteiger partial charge in [-0.05, 0) is 53.1 Å². The van der Waals surface area contributed by atoms with Gasteiger partial charge in [-0.1, -0.05) is 131 Å². The molecule has 1 saturated heterocycles. The van der Waals surface area contributed by atoms with E-state index in [-0.39, 0.29) is 35.3 Å². The van der Waals surface area contributed by atoms with Crippen LogP contribution in [0.3, 0.4) is 0 Å². The molecule has 7 rings (SSSR count). The molecule has 336 valence electrons. The van der Waals surface area contributed by atoms with Crippen LogP contribution in [0.2, 0.25) is 18.1 Å². The van der Waals surface area contributed by atoms with Crippen LogP contribution in [-0.2, 0) is 25.3 Å². The van der Waals surface area contributed by atoms with Gasteiger partial charge in [-0.2, -0.15) is 10.2 Å². The molecule has 3 aromatic heterocycles. The number of ketones is 1. The second kappa shape index (κ2) is 19.2. The van der Waals surface area contributed by atoms with Gasteiger partial charge in [0.2, 0.25) is 5.91 Å². The van der Waals surface area contributed by atoms with E-state index in [9.17, 15) is 0 Å². The number of carbonyl (C=O) groups is 3. The summed E-state index contributed by atoms with van der Waals surface area (Å²) in [4.78, 5) is 58.2. The van der Waals surface area contributed by atoms with Gasteiger partial charge in [0.25, 0.3) is 0 Å². The van der Waals surface area contributed by atoms with E-state index in [1.165, 1.54) is 23.6 Å². The van der Waals surface area contributed by atoms with E-state index in [0.717, 1.165) is 15.9 Å². The van der Waals surface area contributed by atoms with Crippen LogP contribution >= 0.6 is 18.2 Å². The van der Waals surface area contributed by atoms with Crippen molar-refractivity contribution in [3.05, 3.63) is 145 Å². The predicted octanol–water partition coefficient (Wildman–Crippen LogP) is 8.19. The summed E-state index contributed by atoms with van der Waals surface area (Å²) in [5, 5.41) is 9.79. The zero-order valence-electron chi connectivity index (χ0n) is 37.7. The Hall–Kier alpha value is -6.12. The summed E-state index contributed by atoms with van der Waals surface area (Å²) in [6.45, 7) is 14.6. The Balaban J connectivity index is 1.54. The fraction of sp³-hybridized carbons (Fsp3) is 0.286. The lowest BCUT2D eigenvalue weighted by atomic mass is 9.74. The molecule has 0 bridgehead atoms. The van der Waals surface area contributed by atoms with Gasteiger partial charge < -0.3 is 19.9 Å². The molecule has 16 heteroatoms. The molecule has 13 nitrogen and oxygen atoms in total. The Kier molecular flexibility index (Phi) is 13.8. The summed E-state index contributed by atoms with van der Waals surface area (Å²) in [6.07, 6.45) is 5.59. The molecule has 3 aromatic carbocycles. The fourth-order valence-corrected chi connectivity index (χ4v) is 15.6. The number of ether oxygens (including phenoxy) is 1. The van der Waals surface area contributed by atoms with E-state index >= 15 is 14.4 Å². The predicted molar refractivity (Wildman–Crippen MR) is 264 cm³/mol. The van der Waals surface area contributed by atoms with Gasteiger partial charge in [0.15, 0.2) is 19.9 Å². The molecule has 0 radical (unpaired) electrons. The second-order valence-corrected chi connectivity index (χ2v) is 26.6. The van der Waals surface area contributed by atoms with Crippen molar-refractivity contribution >= 4 is 76.6 Å². The molecule has 0 saturated carbocycles. The number of aromatic nitrogens is 3. The third-order valence-corrected chi connectivity index (χ3v) is 22.6. The lowest BCUT2D eigenvalue weighted by Gasteiger charge is -2.54. The lowest BCUT2D eigenvalue weighted by molar-refractivity contribution is -0.158. The number of rotatable bonds is 17. The average Bonchev–Trinajstić information content (AvgIpc) is 3.85. The number of β-lactam (4-membered cyclic amide) rings is 1. The van der Waals surface area contributed by atoms with Gasteiger partial charge >= 0.3 is 5.97 Å². The molecule has 0 unspecified atom stereocenters. The molecule has 3 N–H and O–H groups in total. The molecule has 65 heavy (non-hydrogen) atoms. The summed E-state index contributed by atoms with van der Waals surface area (Å²) in [5.74, 6) is 2.92. The molecular weight excluding hydrogens is 872 g/mol. The number of carbonyl (C=O) groups excluding carboxylic acids is 3. The van der Waals surface area contributed by atoms with Crippen molar-refractivity contribution in [3.63, 3.8) is 0 Å². The maximum absolute atomic E-state index is 15.7. The Bertz CT molecular complexity index is 2700. The van der Waals surface area contributed by atoms with E-state index in [4.69, 9.17) is 25.5 Å². The van der Waals surface area contributed by atoms with Gasteiger partial charge in [-0.3, -0.25) is 19.0 Å². The van der Waals surface area contributed by atoms with Crippen molar-refractivity contribution in [2.75, 3.05) is 6.61 Å². The highest BCUT2D eigenvalue weighted by molar-refractivity contribution is 7.96. The number of pyridine rings is 1. The molecule has 1 amide bonds. The van der Waals surface area contributed by atoms with Crippen LogP contribution in [0.1, 0.15) is 55.8 Å². The van der Waals surface area contributed by atoms with Crippen LogP contribution in [0.15, 0.2) is 138 Å². The first-order valence-electron chi connectivity index (χ1n) is 21.4. The Morgan fingerprint density at radius 2 is 1.55 bits per heavy atom. The maximum atomic E-state index is 15.7. The van der Waals surface area contributed by atoms with Crippen LogP contribution in [0.4, 0.5) is 0 Å². The van der Waals surface area contributed by atoms with Crippen LogP contribution in [0, 0.1) is 17.4 Å². The SMILES string of the molecule is C=CCOC(=O)C(N1C(=O)[C@H]([C@@H](C)O[Si](C)(C)C(C)(C)C)[C@H]1[C@@H](C)C(=O)c1sc2c(-c3cccnc3)nc(C=NN)n2c1CN=N)=P(c1ccccc1)(c1ccccc1)c1ccccc1. The van der Waals surface area contributed by atoms with E-state index < -0.39 is 45.2 Å². The molecular formula is C49H55N8O5PSSi. The van der Waals surface area contributed by atoms with Gasteiger partial charge in [-0.15, -0.1) is 11.3 Å². The summed E-state index contributed by atoms with van der Waals surface area (Å²) < 4.78 is 14.8. The highest BCUT2D eigenvalue weighted by atomic mass is 32.1. The largest absolute Gasteiger partial charge is 0.457 e. The highest BCUT2D eigenvalue weighted by Gasteiger charge is 2.59. The van der Waals surface area contributed by atoms with Crippen molar-refractivity contribution in [1.29, 1.82) is 5.53 Å². The molecule has 6 aromatic rings. The number of hydrazone groups is 1. The molecule has 1 fully saturated rings. The minimum Gasteiger partial charge on any atom is -0.457 e. The number of Topliss-reactive ketones (excluding diaryl/α,β-unsaturated/α-hetero) is 1. The first-order chi connectivity index (χ1) is 31.1. The van der Waals surface area contributed by atoms with E-state index in [0.29, 0.717) is 32.5 Å². The average molecular weight is 927 g/mol. The number of hydrogen-bond acceptors (Lipinski definition) is 12. The van der Waals surface area contributed by atoms with E-state index in [2.05, 4.69) is 55.6 Å². The summed E-state index contributed by atoms with van der Waals surface area (Å²) in [5.41, 5.74) is 9.85. The van der Waals surface area contributed by atoms with E-state index in [1.54, 1.807) is 34.7 Å². The zero-order valence-corrected chi connectivity index (χ0v) is 40.4. The van der Waals surface area contributed by atoms with Crippen molar-refractivity contribution in [3.8, 4) is 11.3 Å². The molecule has 0 aliphatic carbocycles. The molecule has 4 heterocycles. The number of imidazole rings is 1. The number of likely N-dealkylation sites (tertiary alicyclic amines) is 1. The van der Waals surface area contributed by atoms with Crippen molar-refractivity contribution in [1.82, 2.24) is 19.3 Å². The molecule has 0 spiro atoms. The number of benzene rings is 3. The monoisotopic (exact) mass is 926 g/mol. The normalized spacial score (nSPS) is 16.5. The standard InChI is InChI=1S/C49H55N8O5PSSi/c1-9-28-61-48(60)46(63(35-21-13-10-14-22-35,36-23-15-11-16-24-36)37-25-17-12-18-26-37)57-42(40(45(57)59)33(3)62-65(7,8)49(4,5)6)32(2)43(58)44-38(30-53-50)56-39(31-54-51)55-41(47(56)64-44)34-20-19-27-52-29-34/h9-27,29,31-33,40,42,50H,1,28,30,51H2,2-8H3/t32-,33-,40-,42-/m1/s1. The molecule has 1 aliphatic rings. The third-order valence-electron chi connectivity index (χ3n) is 12.6. The number of amides is 1. The topological polar surface area (TPSA) is 178 Å². The lowest BCUT2D eigenvalue weighted by Crippen LogP contribution is -2.71. The van der Waals surface area contributed by atoms with Gasteiger partial charge in [-0.25, -0.2) is 15.3 Å². The van der Waals surface area contributed by atoms with Crippen LogP contribution in [0.5, 0.6) is 0 Å². The van der Waals surface area contributed by atoms with Gasteiger partial charge in [0, 0.05) is 30.8 Å². The van der Waals surface area contributed by atoms with Crippen molar-refractivity contribution in [2.24, 2.45) is 27.9 Å². The zero-order chi connectivity index (χ0) is 46.7. The fourth-order valence-electron chi connectivity index (χ4n) is 8.52. The van der Waals surface area contributed by atoms with Crippen LogP contribution < -0.4 is 21.8 Å². The van der Waals surface area contributed by atoms with Crippen LogP contribution in [-0.4, -0.2) is 75.6 Å². The molecule has 4 atom stereocenters. The summed E-state index contributed by atoms with van der Waals surface area (Å²) in [6, 6.07) is 32.0. The smallest absolute Gasteiger partial charge is 0.356 e. The number of thiazole rings is 1. The first-order valence-corrected chi connectivity index (χ1v) is 26.9. The van der Waals surface area contributed by atoms with Gasteiger partial charge in [0.1, 0.15) is 29.1 Å². The number of hydrogen-bond donors (Lipinski definition) is 2. The minimum atomic E-state index is -3.32. The maximum Gasteiger partial charge on any atom is 0.356 e. The Morgan fingerprint density at radius 3 is 2.05 bits per heavy atom. The van der Waals surface area contributed by atoms with Crippen molar-refractivity contribution in [2.45, 2.75) is 71.4 Å². The summed E-state index contributed by atoms with van der Waals surface area (Å²) in [7, 11) is -2.49. The first kappa shape index (κ1) is 46.9. The Morgan fingerprint density at radius 1 is 0.969 bits per heavy atom. The van der Waals surface area contributed by atoms with Gasteiger partial charge in [0.05, 0.1) is 34.8 Å². The van der Waals surface area contributed by atoms with Crippen LogP contribution in [0.25, 0.3) is 16.1 Å². The number of fused-ring (bicyclic) bond motifs is 1. The quantitative estimate of drug-likeness (QED) is 0.00879. The third kappa shape index (κ3) is 8.49. The summed E-state index contributed by atoms with van der Waals surface area (Å²) >= 11 is 1.21. The number of nitrogens with one attached hydrogen (secondary N) is 1. The number of nitrogens with two attached hydrogens (primary N) is 1. The number of nitrogens with zero attached hydrogens (tertiary/aromatic N) is 6. The highest BCUT2D eigenvalue weighted by Crippen LogP contribution is 2.52. The van der Waals surface area contributed by atoms with E-state index in [1.807, 2.05) is 104 Å². The van der Waals surface area contributed by atoms with Crippen molar-refractivity contribution < 1.29 is 23.5 Å². The minimum absolute atomic E-state index is 0.111.